The molecule has 0 aromatic heterocycles. The van der Waals surface area contributed by atoms with Gasteiger partial charge in [0.05, 0.1) is 11.5 Å². The highest BCUT2D eigenvalue weighted by atomic mass is 35.5. The van der Waals surface area contributed by atoms with Crippen LogP contribution in [0.25, 0.3) is 0 Å². The van der Waals surface area contributed by atoms with E-state index in [-0.39, 0.29) is 4.90 Å². The van der Waals surface area contributed by atoms with Crippen molar-refractivity contribution < 1.29 is 13.2 Å². The number of hydrogen-bond acceptors (Lipinski definition) is 3. The first-order valence-electron chi connectivity index (χ1n) is 6.09. The van der Waals surface area contributed by atoms with Crippen LogP contribution in [-0.4, -0.2) is 15.0 Å². The molecule has 0 amide bonds. The third kappa shape index (κ3) is 2.59. The molecule has 0 atom stereocenters. The molecule has 3 rings (SSSR count). The van der Waals surface area contributed by atoms with E-state index in [1.165, 1.54) is 0 Å². The van der Waals surface area contributed by atoms with E-state index >= 15 is 0 Å². The lowest BCUT2D eigenvalue weighted by atomic mass is 10.2. The van der Waals surface area contributed by atoms with Gasteiger partial charge in [-0.05, 0) is 48.0 Å². The first-order valence-corrected chi connectivity index (χ1v) is 7.95. The summed E-state index contributed by atoms with van der Waals surface area (Å²) >= 11 is 5.77. The molecule has 0 spiro atoms. The van der Waals surface area contributed by atoms with Gasteiger partial charge < -0.3 is 4.74 Å². The Balaban J connectivity index is 1.90. The van der Waals surface area contributed by atoms with Gasteiger partial charge in [-0.15, -0.1) is 0 Å². The molecule has 1 aliphatic rings. The summed E-state index contributed by atoms with van der Waals surface area (Å²) in [5, 5.41) is 0.558. The molecule has 4 nitrogen and oxygen atoms in total. The second kappa shape index (κ2) is 5.00. The van der Waals surface area contributed by atoms with Crippen molar-refractivity contribution in [2.75, 3.05) is 11.3 Å². The van der Waals surface area contributed by atoms with Crippen molar-refractivity contribution in [2.45, 2.75) is 11.3 Å². The predicted octanol–water partition coefficient (Wildman–Crippen LogP) is 3.08. The molecule has 6 heteroatoms. The van der Waals surface area contributed by atoms with Gasteiger partial charge in [-0.1, -0.05) is 11.6 Å². The lowest BCUT2D eigenvalue weighted by Crippen LogP contribution is -2.13. The second-order valence-corrected chi connectivity index (χ2v) is 6.60. The lowest BCUT2D eigenvalue weighted by Gasteiger charge is -2.09. The summed E-state index contributed by atoms with van der Waals surface area (Å²) in [7, 11) is -3.60. The highest BCUT2D eigenvalue weighted by Crippen LogP contribution is 2.28. The molecule has 0 aliphatic carbocycles. The Kier molecular flexibility index (Phi) is 3.31. The van der Waals surface area contributed by atoms with E-state index in [4.69, 9.17) is 16.3 Å². The van der Waals surface area contributed by atoms with Gasteiger partial charge >= 0.3 is 0 Å². The third-order valence-electron chi connectivity index (χ3n) is 3.07. The van der Waals surface area contributed by atoms with Gasteiger partial charge in [-0.25, -0.2) is 8.42 Å². The number of benzene rings is 2. The standard InChI is InChI=1S/C14H12ClNO3S/c15-11-1-3-12(4-2-11)16-20(17,18)13-5-6-14-10(9-13)7-8-19-14/h1-6,9,16H,7-8H2. The van der Waals surface area contributed by atoms with Crippen LogP contribution in [0.1, 0.15) is 5.56 Å². The van der Waals surface area contributed by atoms with Crippen molar-refractivity contribution in [3.8, 4) is 5.75 Å². The minimum Gasteiger partial charge on any atom is -0.493 e. The van der Waals surface area contributed by atoms with Gasteiger partial charge in [-0.2, -0.15) is 0 Å². The van der Waals surface area contributed by atoms with E-state index in [9.17, 15) is 8.42 Å². The van der Waals surface area contributed by atoms with Crippen LogP contribution in [0.5, 0.6) is 5.75 Å². The van der Waals surface area contributed by atoms with Crippen LogP contribution in [0.2, 0.25) is 5.02 Å². The first kappa shape index (κ1) is 13.3. The zero-order chi connectivity index (χ0) is 14.2. The minimum absolute atomic E-state index is 0.233. The Labute approximate surface area is 122 Å². The molecule has 1 N–H and O–H groups in total. The molecule has 1 heterocycles. The zero-order valence-electron chi connectivity index (χ0n) is 10.5. The van der Waals surface area contributed by atoms with Crippen LogP contribution in [0, 0.1) is 0 Å². The fourth-order valence-corrected chi connectivity index (χ4v) is 3.30. The van der Waals surface area contributed by atoms with Crippen LogP contribution in [0.4, 0.5) is 5.69 Å². The maximum absolute atomic E-state index is 12.3. The zero-order valence-corrected chi connectivity index (χ0v) is 12.0. The molecule has 0 fully saturated rings. The van der Waals surface area contributed by atoms with Crippen LogP contribution < -0.4 is 9.46 Å². The van der Waals surface area contributed by atoms with Crippen molar-refractivity contribution in [1.29, 1.82) is 0 Å². The molecule has 0 unspecified atom stereocenters. The highest BCUT2D eigenvalue weighted by Gasteiger charge is 2.19. The van der Waals surface area contributed by atoms with Crippen LogP contribution in [-0.2, 0) is 16.4 Å². The number of ether oxygens (including phenoxy) is 1. The normalized spacial score (nSPS) is 13.7. The molecule has 1 aliphatic heterocycles. The number of halogens is 1. The average Bonchev–Trinajstić information content (AvgIpc) is 2.88. The molecule has 0 radical (unpaired) electrons. The molecule has 2 aromatic rings. The SMILES string of the molecule is O=S(=O)(Nc1ccc(Cl)cc1)c1ccc2c(c1)CCO2. The number of fused-ring (bicyclic) bond motifs is 1. The summed E-state index contributed by atoms with van der Waals surface area (Å²) in [5.41, 5.74) is 1.40. The van der Waals surface area contributed by atoms with Crippen LogP contribution in [0.3, 0.4) is 0 Å². The quantitative estimate of drug-likeness (QED) is 0.948. The van der Waals surface area contributed by atoms with E-state index in [1.807, 2.05) is 0 Å². The number of rotatable bonds is 3. The Morgan fingerprint density at radius 3 is 2.60 bits per heavy atom. The van der Waals surface area contributed by atoms with Crippen molar-refractivity contribution in [2.24, 2.45) is 0 Å². The monoisotopic (exact) mass is 309 g/mol. The Morgan fingerprint density at radius 2 is 1.85 bits per heavy atom. The van der Waals surface area contributed by atoms with Crippen LogP contribution >= 0.6 is 11.6 Å². The number of nitrogens with one attached hydrogen (secondary N) is 1. The topological polar surface area (TPSA) is 55.4 Å². The molecule has 0 saturated carbocycles. The number of sulfonamides is 1. The summed E-state index contributed by atoms with van der Waals surface area (Å²) in [4.78, 5) is 0.233. The summed E-state index contributed by atoms with van der Waals surface area (Å²) < 4.78 is 32.5. The maximum atomic E-state index is 12.3. The predicted molar refractivity (Wildman–Crippen MR) is 77.9 cm³/mol. The number of hydrogen-bond donors (Lipinski definition) is 1. The third-order valence-corrected chi connectivity index (χ3v) is 4.70. The van der Waals surface area contributed by atoms with E-state index in [1.54, 1.807) is 42.5 Å². The molecule has 2 aromatic carbocycles. The molecule has 0 bridgehead atoms. The Hall–Kier alpha value is -1.72. The summed E-state index contributed by atoms with van der Waals surface area (Å²) in [5.74, 6) is 0.760. The van der Waals surface area contributed by atoms with Crippen molar-refractivity contribution >= 4 is 27.3 Å². The number of anilines is 1. The molecular formula is C14H12ClNO3S. The minimum atomic E-state index is -3.60. The molecule has 20 heavy (non-hydrogen) atoms. The Morgan fingerprint density at radius 1 is 1.10 bits per heavy atom. The first-order chi connectivity index (χ1) is 9.54. The largest absolute Gasteiger partial charge is 0.493 e. The summed E-state index contributed by atoms with van der Waals surface area (Å²) in [6.45, 7) is 0.601. The molecule has 104 valence electrons. The smallest absolute Gasteiger partial charge is 0.261 e. The van der Waals surface area contributed by atoms with Gasteiger partial charge in [0.1, 0.15) is 5.75 Å². The Bertz CT molecular complexity index is 742. The summed E-state index contributed by atoms with van der Waals surface area (Å²) in [6, 6.07) is 11.4. The van der Waals surface area contributed by atoms with E-state index in [0.717, 1.165) is 17.7 Å². The van der Waals surface area contributed by atoms with E-state index in [2.05, 4.69) is 4.72 Å². The maximum Gasteiger partial charge on any atom is 0.261 e. The fourth-order valence-electron chi connectivity index (χ4n) is 2.06. The van der Waals surface area contributed by atoms with E-state index < -0.39 is 10.0 Å². The van der Waals surface area contributed by atoms with Crippen molar-refractivity contribution in [1.82, 2.24) is 0 Å². The van der Waals surface area contributed by atoms with E-state index in [0.29, 0.717) is 17.3 Å². The highest BCUT2D eigenvalue weighted by molar-refractivity contribution is 7.92. The summed E-state index contributed by atoms with van der Waals surface area (Å²) in [6.07, 6.45) is 0.736. The molecular weight excluding hydrogens is 298 g/mol. The van der Waals surface area contributed by atoms with Crippen molar-refractivity contribution in [3.05, 3.63) is 53.1 Å². The second-order valence-electron chi connectivity index (χ2n) is 4.48. The van der Waals surface area contributed by atoms with Gasteiger partial charge in [0.2, 0.25) is 0 Å². The van der Waals surface area contributed by atoms with Gasteiger partial charge in [0.25, 0.3) is 10.0 Å². The average molecular weight is 310 g/mol. The van der Waals surface area contributed by atoms with Gasteiger partial charge in [-0.3, -0.25) is 4.72 Å². The van der Waals surface area contributed by atoms with Gasteiger partial charge in [0, 0.05) is 17.1 Å². The van der Waals surface area contributed by atoms with Crippen molar-refractivity contribution in [3.63, 3.8) is 0 Å². The van der Waals surface area contributed by atoms with Gasteiger partial charge in [0.15, 0.2) is 0 Å². The van der Waals surface area contributed by atoms with Crippen LogP contribution in [0.15, 0.2) is 47.4 Å². The molecule has 0 saturated heterocycles. The lowest BCUT2D eigenvalue weighted by molar-refractivity contribution is 0.356. The fraction of sp³-hybridized carbons (Fsp3) is 0.143.